The second-order valence-electron chi connectivity index (χ2n) is 6.55. The molecule has 154 valence electrons. The van der Waals surface area contributed by atoms with Gasteiger partial charge >= 0.3 is 5.97 Å². The number of ether oxygens (including phenoxy) is 1. The quantitative estimate of drug-likeness (QED) is 0.316. The van der Waals surface area contributed by atoms with E-state index in [1.807, 2.05) is 0 Å². The summed E-state index contributed by atoms with van der Waals surface area (Å²) in [7, 11) is 0. The Bertz CT molecular complexity index is 989. The standard InChI is InChI=1S/C20H17N3O7/c24-17(13-6-8-16(9-7-13)23(28)29)12-30-20(27)15-10-18(25)22(11-15)21-19(26)14-4-2-1-3-5-14/h1-9,15H,10-12H2,(H,21,26)/t15-/m0/s1. The van der Waals surface area contributed by atoms with Crippen LogP contribution in [0.25, 0.3) is 0 Å². The van der Waals surface area contributed by atoms with E-state index in [9.17, 15) is 29.3 Å². The number of hydrazine groups is 1. The molecule has 1 aliphatic heterocycles. The summed E-state index contributed by atoms with van der Waals surface area (Å²) in [6, 6.07) is 13.2. The zero-order valence-corrected chi connectivity index (χ0v) is 15.6. The van der Waals surface area contributed by atoms with Gasteiger partial charge in [-0.3, -0.25) is 39.7 Å². The van der Waals surface area contributed by atoms with E-state index >= 15 is 0 Å². The maximum absolute atomic E-state index is 12.2. The molecule has 10 nitrogen and oxygen atoms in total. The number of amides is 2. The molecule has 1 heterocycles. The second kappa shape index (κ2) is 8.95. The average molecular weight is 411 g/mol. The fourth-order valence-corrected chi connectivity index (χ4v) is 2.86. The minimum Gasteiger partial charge on any atom is -0.457 e. The van der Waals surface area contributed by atoms with Gasteiger partial charge in [-0.2, -0.15) is 0 Å². The van der Waals surface area contributed by atoms with Gasteiger partial charge in [0.15, 0.2) is 12.4 Å². The maximum atomic E-state index is 12.2. The smallest absolute Gasteiger partial charge is 0.311 e. The predicted octanol–water partition coefficient (Wildman–Crippen LogP) is 1.51. The molecule has 1 fully saturated rings. The summed E-state index contributed by atoms with van der Waals surface area (Å²) < 4.78 is 4.99. The minimum absolute atomic E-state index is 0.0675. The maximum Gasteiger partial charge on any atom is 0.311 e. The first kappa shape index (κ1) is 20.6. The third kappa shape index (κ3) is 4.85. The summed E-state index contributed by atoms with van der Waals surface area (Å²) in [5.74, 6) is -3.01. The van der Waals surface area contributed by atoms with Crippen molar-refractivity contribution < 1.29 is 28.8 Å². The number of nitro benzene ring substituents is 1. The van der Waals surface area contributed by atoms with E-state index in [0.29, 0.717) is 5.56 Å². The highest BCUT2D eigenvalue weighted by Gasteiger charge is 2.36. The fraction of sp³-hybridized carbons (Fsp3) is 0.200. The molecule has 1 N–H and O–H groups in total. The summed E-state index contributed by atoms with van der Waals surface area (Å²) in [5, 5.41) is 11.7. The number of benzene rings is 2. The number of hydrogen-bond acceptors (Lipinski definition) is 7. The molecule has 1 saturated heterocycles. The third-order valence-corrected chi connectivity index (χ3v) is 4.48. The molecule has 3 rings (SSSR count). The molecular formula is C20H17N3O7. The fourth-order valence-electron chi connectivity index (χ4n) is 2.86. The summed E-state index contributed by atoms with van der Waals surface area (Å²) in [5.41, 5.74) is 2.81. The van der Waals surface area contributed by atoms with Gasteiger partial charge in [-0.15, -0.1) is 0 Å². The molecule has 0 aliphatic carbocycles. The number of nitro groups is 1. The van der Waals surface area contributed by atoms with Crippen LogP contribution in [0.1, 0.15) is 27.1 Å². The van der Waals surface area contributed by atoms with Crippen LogP contribution in [-0.2, 0) is 14.3 Å². The van der Waals surface area contributed by atoms with Crippen molar-refractivity contribution in [1.29, 1.82) is 0 Å². The van der Waals surface area contributed by atoms with E-state index < -0.39 is 41.0 Å². The number of ketones is 1. The van der Waals surface area contributed by atoms with Gasteiger partial charge in [0.05, 0.1) is 17.4 Å². The van der Waals surface area contributed by atoms with Gasteiger partial charge in [0.25, 0.3) is 11.6 Å². The molecule has 0 aromatic heterocycles. The Morgan fingerprint density at radius 1 is 1.07 bits per heavy atom. The second-order valence-corrected chi connectivity index (χ2v) is 6.55. The molecule has 0 radical (unpaired) electrons. The van der Waals surface area contributed by atoms with Crippen molar-refractivity contribution in [3.63, 3.8) is 0 Å². The molecule has 1 aliphatic rings. The number of rotatable bonds is 7. The van der Waals surface area contributed by atoms with Gasteiger partial charge in [-0.1, -0.05) is 18.2 Å². The summed E-state index contributed by atoms with van der Waals surface area (Å²) in [6.07, 6.45) is -0.153. The normalized spacial score (nSPS) is 15.5. The number of esters is 1. The van der Waals surface area contributed by atoms with E-state index in [2.05, 4.69) is 5.43 Å². The lowest BCUT2D eigenvalue weighted by Gasteiger charge is -2.17. The largest absolute Gasteiger partial charge is 0.457 e. The highest BCUT2D eigenvalue weighted by atomic mass is 16.6. The predicted molar refractivity (Wildman–Crippen MR) is 102 cm³/mol. The third-order valence-electron chi connectivity index (χ3n) is 4.48. The highest BCUT2D eigenvalue weighted by molar-refractivity contribution is 5.99. The zero-order valence-electron chi connectivity index (χ0n) is 15.6. The molecule has 0 saturated carbocycles. The van der Waals surface area contributed by atoms with Crippen LogP contribution in [0.4, 0.5) is 5.69 Å². The number of hydrogen-bond donors (Lipinski definition) is 1. The Morgan fingerprint density at radius 2 is 1.73 bits per heavy atom. The van der Waals surface area contributed by atoms with Gasteiger partial charge < -0.3 is 4.74 Å². The van der Waals surface area contributed by atoms with Crippen LogP contribution in [0.3, 0.4) is 0 Å². The van der Waals surface area contributed by atoms with Crippen molar-refractivity contribution in [2.24, 2.45) is 5.92 Å². The molecule has 0 bridgehead atoms. The Balaban J connectivity index is 1.51. The first-order chi connectivity index (χ1) is 14.3. The minimum atomic E-state index is -0.821. The lowest BCUT2D eigenvalue weighted by atomic mass is 10.1. The van der Waals surface area contributed by atoms with Crippen LogP contribution in [0.5, 0.6) is 0 Å². The Hall–Kier alpha value is -4.08. The Labute approximate surface area is 170 Å². The van der Waals surface area contributed by atoms with Crippen molar-refractivity contribution in [2.75, 3.05) is 13.2 Å². The van der Waals surface area contributed by atoms with E-state index in [1.165, 1.54) is 24.3 Å². The lowest BCUT2D eigenvalue weighted by Crippen LogP contribution is -2.43. The molecule has 30 heavy (non-hydrogen) atoms. The van der Waals surface area contributed by atoms with E-state index in [-0.39, 0.29) is 24.2 Å². The van der Waals surface area contributed by atoms with Crippen LogP contribution < -0.4 is 5.43 Å². The van der Waals surface area contributed by atoms with E-state index in [4.69, 9.17) is 4.74 Å². The van der Waals surface area contributed by atoms with E-state index in [0.717, 1.165) is 5.01 Å². The molecule has 10 heteroatoms. The molecule has 2 aromatic rings. The SMILES string of the molecule is O=C(COC(=O)[C@H]1CC(=O)N(NC(=O)c2ccccc2)C1)c1ccc([N+](=O)[O-])cc1. The van der Waals surface area contributed by atoms with Crippen LogP contribution in [0.2, 0.25) is 0 Å². The average Bonchev–Trinajstić information content (AvgIpc) is 3.12. The Morgan fingerprint density at radius 3 is 2.37 bits per heavy atom. The van der Waals surface area contributed by atoms with Crippen molar-refractivity contribution in [3.05, 3.63) is 75.8 Å². The monoisotopic (exact) mass is 411 g/mol. The summed E-state index contributed by atoms with van der Waals surface area (Å²) in [6.45, 7) is -0.625. The number of non-ortho nitro benzene ring substituents is 1. The molecule has 0 spiro atoms. The van der Waals surface area contributed by atoms with Gasteiger partial charge in [-0.25, -0.2) is 0 Å². The van der Waals surface area contributed by atoms with Gasteiger partial charge in [0.1, 0.15) is 0 Å². The summed E-state index contributed by atoms with van der Waals surface area (Å²) >= 11 is 0. The molecule has 2 amide bonds. The molecule has 0 unspecified atom stereocenters. The van der Waals surface area contributed by atoms with Crippen LogP contribution in [-0.4, -0.2) is 46.7 Å². The number of nitrogens with zero attached hydrogens (tertiary/aromatic N) is 2. The first-order valence-corrected chi connectivity index (χ1v) is 8.96. The van der Waals surface area contributed by atoms with Crippen LogP contribution >= 0.6 is 0 Å². The number of carbonyl (C=O) groups excluding carboxylic acids is 4. The van der Waals surface area contributed by atoms with Gasteiger partial charge in [0.2, 0.25) is 5.91 Å². The zero-order chi connectivity index (χ0) is 21.7. The molecule has 1 atom stereocenters. The topological polar surface area (TPSA) is 136 Å². The summed E-state index contributed by atoms with van der Waals surface area (Å²) in [4.78, 5) is 58.6. The molecular weight excluding hydrogens is 394 g/mol. The van der Waals surface area contributed by atoms with E-state index in [1.54, 1.807) is 30.3 Å². The lowest BCUT2D eigenvalue weighted by molar-refractivity contribution is -0.384. The first-order valence-electron chi connectivity index (χ1n) is 8.96. The van der Waals surface area contributed by atoms with Crippen molar-refractivity contribution in [2.45, 2.75) is 6.42 Å². The van der Waals surface area contributed by atoms with Crippen molar-refractivity contribution >= 4 is 29.3 Å². The van der Waals surface area contributed by atoms with Gasteiger partial charge in [0, 0.05) is 29.7 Å². The van der Waals surface area contributed by atoms with Crippen molar-refractivity contribution in [3.8, 4) is 0 Å². The number of Topliss-reactive ketones (excluding diaryl/α,β-unsaturated/α-hetero) is 1. The van der Waals surface area contributed by atoms with Crippen LogP contribution in [0.15, 0.2) is 54.6 Å². The Kier molecular flexibility index (Phi) is 6.16. The van der Waals surface area contributed by atoms with Crippen molar-refractivity contribution in [1.82, 2.24) is 10.4 Å². The highest BCUT2D eigenvalue weighted by Crippen LogP contribution is 2.18. The van der Waals surface area contributed by atoms with Gasteiger partial charge in [-0.05, 0) is 24.3 Å². The number of carbonyl (C=O) groups is 4. The molecule has 2 aromatic carbocycles. The van der Waals surface area contributed by atoms with Crippen LogP contribution in [0, 0.1) is 16.0 Å². The number of nitrogens with one attached hydrogen (secondary N) is 1.